The molecule has 1 rings (SSSR count). The van der Waals surface area contributed by atoms with Crippen molar-refractivity contribution in [2.45, 2.75) is 91.8 Å². The first-order valence-electron chi connectivity index (χ1n) is 8.28. The van der Waals surface area contributed by atoms with Crippen molar-refractivity contribution in [2.75, 3.05) is 7.11 Å². The van der Waals surface area contributed by atoms with E-state index in [1.165, 1.54) is 12.8 Å². The van der Waals surface area contributed by atoms with Gasteiger partial charge in [0.15, 0.2) is 0 Å². The third-order valence-electron chi connectivity index (χ3n) is 3.78. The summed E-state index contributed by atoms with van der Waals surface area (Å²) in [7, 11) is 1.70. The Kier molecular flexibility index (Phi) is 14.9. The van der Waals surface area contributed by atoms with E-state index < -0.39 is 5.67 Å². The van der Waals surface area contributed by atoms with Gasteiger partial charge < -0.3 is 4.74 Å². The maximum Gasteiger partial charge on any atom is 0.108 e. The zero-order chi connectivity index (χ0) is 16.0. The molecule has 1 aliphatic rings. The molecule has 20 heavy (non-hydrogen) atoms. The lowest BCUT2D eigenvalue weighted by molar-refractivity contribution is 0.0162. The minimum atomic E-state index is -0.922. The van der Waals surface area contributed by atoms with Crippen LogP contribution in [0.5, 0.6) is 0 Å². The molecule has 122 valence electrons. The van der Waals surface area contributed by atoms with Crippen LogP contribution in [-0.2, 0) is 4.74 Å². The molecule has 1 aliphatic carbocycles. The minimum absolute atomic E-state index is 0.309. The van der Waals surface area contributed by atoms with Crippen LogP contribution < -0.4 is 0 Å². The SMILES string of the molecule is C/C=C\CC(C)CC.CC.COC1CCC(C)(F)CC1. The van der Waals surface area contributed by atoms with E-state index >= 15 is 0 Å². The molecule has 0 saturated heterocycles. The molecule has 1 fully saturated rings. The average Bonchev–Trinajstić information content (AvgIpc) is 2.47. The number of hydrogen-bond acceptors (Lipinski definition) is 1. The summed E-state index contributed by atoms with van der Waals surface area (Å²) >= 11 is 0. The number of methoxy groups -OCH3 is 1. The largest absolute Gasteiger partial charge is 0.381 e. The van der Waals surface area contributed by atoms with E-state index in [1.807, 2.05) is 13.8 Å². The summed E-state index contributed by atoms with van der Waals surface area (Å²) in [6.07, 6.45) is 10.3. The molecule has 1 atom stereocenters. The predicted octanol–water partition coefficient (Wildman–Crippen LogP) is 6.33. The van der Waals surface area contributed by atoms with E-state index in [9.17, 15) is 4.39 Å². The molecule has 1 nitrogen and oxygen atoms in total. The normalized spacial score (nSPS) is 27.1. The van der Waals surface area contributed by atoms with Crippen LogP contribution in [0.2, 0.25) is 0 Å². The topological polar surface area (TPSA) is 9.23 Å². The second-order valence-corrected chi connectivity index (χ2v) is 5.67. The average molecular weight is 288 g/mol. The molecule has 1 saturated carbocycles. The molecule has 0 spiro atoms. The van der Waals surface area contributed by atoms with Crippen LogP contribution in [0.15, 0.2) is 12.2 Å². The molecular formula is C18H37FO. The molecule has 0 aromatic carbocycles. The van der Waals surface area contributed by atoms with Gasteiger partial charge in [-0.05, 0) is 51.9 Å². The zero-order valence-corrected chi connectivity index (χ0v) is 14.8. The summed E-state index contributed by atoms with van der Waals surface area (Å²) in [6, 6.07) is 0. The third-order valence-corrected chi connectivity index (χ3v) is 3.78. The van der Waals surface area contributed by atoms with Crippen LogP contribution in [0, 0.1) is 5.92 Å². The van der Waals surface area contributed by atoms with Gasteiger partial charge in [-0.25, -0.2) is 4.39 Å². The molecular weight excluding hydrogens is 251 g/mol. The summed E-state index contributed by atoms with van der Waals surface area (Å²) < 4.78 is 18.2. The van der Waals surface area contributed by atoms with Gasteiger partial charge in [-0.2, -0.15) is 0 Å². The highest BCUT2D eigenvalue weighted by molar-refractivity contribution is 4.82. The standard InChI is InChI=1S/C8H15FO.C8H16.C2H6/c1-8(9)5-3-7(10-2)4-6-8;1-4-6-7-8(3)5-2;1-2/h7H,3-6H2,1-2H3;4,6,8H,5,7H2,1-3H3;1-2H3/b;6-4-;. The second kappa shape index (κ2) is 13.6. The summed E-state index contributed by atoms with van der Waals surface area (Å²) in [5.41, 5.74) is -0.922. The summed E-state index contributed by atoms with van der Waals surface area (Å²) in [5.74, 6) is 0.867. The summed E-state index contributed by atoms with van der Waals surface area (Å²) in [6.45, 7) is 12.3. The Labute approximate surface area is 127 Å². The summed E-state index contributed by atoms with van der Waals surface area (Å²) in [5, 5.41) is 0. The Morgan fingerprint density at radius 1 is 1.30 bits per heavy atom. The molecule has 0 heterocycles. The molecule has 0 radical (unpaired) electrons. The van der Waals surface area contributed by atoms with E-state index in [0.29, 0.717) is 18.9 Å². The predicted molar refractivity (Wildman–Crippen MR) is 89.0 cm³/mol. The molecule has 0 aliphatic heterocycles. The Morgan fingerprint density at radius 3 is 2.15 bits per heavy atom. The first-order valence-corrected chi connectivity index (χ1v) is 8.28. The van der Waals surface area contributed by atoms with Crippen molar-refractivity contribution < 1.29 is 9.13 Å². The highest BCUT2D eigenvalue weighted by Crippen LogP contribution is 2.32. The van der Waals surface area contributed by atoms with Gasteiger partial charge in [0.2, 0.25) is 0 Å². The van der Waals surface area contributed by atoms with E-state index in [4.69, 9.17) is 4.74 Å². The van der Waals surface area contributed by atoms with Crippen molar-refractivity contribution in [1.29, 1.82) is 0 Å². The van der Waals surface area contributed by atoms with Gasteiger partial charge in [0, 0.05) is 7.11 Å². The smallest absolute Gasteiger partial charge is 0.108 e. The van der Waals surface area contributed by atoms with E-state index in [1.54, 1.807) is 14.0 Å². The van der Waals surface area contributed by atoms with Crippen LogP contribution in [-0.4, -0.2) is 18.9 Å². The number of rotatable bonds is 4. The van der Waals surface area contributed by atoms with Crippen molar-refractivity contribution in [1.82, 2.24) is 0 Å². The molecule has 0 aromatic heterocycles. The Hall–Kier alpha value is -0.370. The number of alkyl halides is 1. The monoisotopic (exact) mass is 288 g/mol. The first kappa shape index (κ1) is 21.9. The maximum absolute atomic E-state index is 13.1. The van der Waals surface area contributed by atoms with Crippen molar-refractivity contribution in [3.8, 4) is 0 Å². The van der Waals surface area contributed by atoms with Crippen molar-refractivity contribution in [3.05, 3.63) is 12.2 Å². The highest BCUT2D eigenvalue weighted by atomic mass is 19.1. The number of halogens is 1. The van der Waals surface area contributed by atoms with Crippen LogP contribution >= 0.6 is 0 Å². The van der Waals surface area contributed by atoms with Gasteiger partial charge in [-0.3, -0.25) is 0 Å². The second-order valence-electron chi connectivity index (χ2n) is 5.67. The van der Waals surface area contributed by atoms with Gasteiger partial charge in [-0.1, -0.05) is 46.3 Å². The number of hydrogen-bond donors (Lipinski definition) is 0. The van der Waals surface area contributed by atoms with E-state index in [-0.39, 0.29) is 0 Å². The Balaban J connectivity index is 0. The van der Waals surface area contributed by atoms with Crippen LogP contribution in [0.25, 0.3) is 0 Å². The van der Waals surface area contributed by atoms with Gasteiger partial charge in [0.25, 0.3) is 0 Å². The van der Waals surface area contributed by atoms with Gasteiger partial charge in [0.1, 0.15) is 5.67 Å². The van der Waals surface area contributed by atoms with Crippen LogP contribution in [0.3, 0.4) is 0 Å². The molecule has 0 N–H and O–H groups in total. The molecule has 1 unspecified atom stereocenters. The molecule has 2 heteroatoms. The minimum Gasteiger partial charge on any atom is -0.381 e. The fraction of sp³-hybridized carbons (Fsp3) is 0.889. The van der Waals surface area contributed by atoms with Gasteiger partial charge >= 0.3 is 0 Å². The summed E-state index contributed by atoms with van der Waals surface area (Å²) in [4.78, 5) is 0. The zero-order valence-electron chi connectivity index (χ0n) is 14.8. The fourth-order valence-electron chi connectivity index (χ4n) is 1.96. The van der Waals surface area contributed by atoms with E-state index in [0.717, 1.165) is 18.8 Å². The third kappa shape index (κ3) is 12.7. The van der Waals surface area contributed by atoms with Crippen molar-refractivity contribution in [2.24, 2.45) is 5.92 Å². The van der Waals surface area contributed by atoms with Gasteiger partial charge in [0.05, 0.1) is 6.10 Å². The number of ether oxygens (including phenoxy) is 1. The Morgan fingerprint density at radius 2 is 1.80 bits per heavy atom. The lowest BCUT2D eigenvalue weighted by Crippen LogP contribution is -2.29. The van der Waals surface area contributed by atoms with Crippen molar-refractivity contribution >= 4 is 0 Å². The molecule has 0 amide bonds. The van der Waals surface area contributed by atoms with Crippen LogP contribution in [0.4, 0.5) is 4.39 Å². The molecule has 0 aromatic rings. The number of allylic oxidation sites excluding steroid dienone is 2. The quantitative estimate of drug-likeness (QED) is 0.549. The van der Waals surface area contributed by atoms with E-state index in [2.05, 4.69) is 32.9 Å². The lowest BCUT2D eigenvalue weighted by atomic mass is 9.86. The maximum atomic E-state index is 13.1. The Bertz CT molecular complexity index is 213. The van der Waals surface area contributed by atoms with Gasteiger partial charge in [-0.15, -0.1) is 0 Å². The fourth-order valence-corrected chi connectivity index (χ4v) is 1.96. The van der Waals surface area contributed by atoms with Crippen LogP contribution in [0.1, 0.15) is 80.1 Å². The first-order chi connectivity index (χ1) is 9.45. The lowest BCUT2D eigenvalue weighted by Gasteiger charge is -2.29. The molecule has 0 bridgehead atoms. The highest BCUT2D eigenvalue weighted by Gasteiger charge is 2.30. The van der Waals surface area contributed by atoms with Crippen molar-refractivity contribution in [3.63, 3.8) is 0 Å².